The van der Waals surface area contributed by atoms with Crippen LogP contribution in [0.3, 0.4) is 0 Å². The summed E-state index contributed by atoms with van der Waals surface area (Å²) in [6.07, 6.45) is 6.73. The van der Waals surface area contributed by atoms with Crippen LogP contribution in [0.4, 0.5) is 0 Å². The van der Waals surface area contributed by atoms with Crippen molar-refractivity contribution in [3.63, 3.8) is 0 Å². The molecule has 2 aromatic rings. The molecule has 0 aliphatic carbocycles. The summed E-state index contributed by atoms with van der Waals surface area (Å²) in [4.78, 5) is 7.22. The molecule has 0 amide bonds. The highest BCUT2D eigenvalue weighted by Gasteiger charge is 2.41. The van der Waals surface area contributed by atoms with Crippen LogP contribution in [0.5, 0.6) is 5.75 Å². The fourth-order valence-corrected chi connectivity index (χ4v) is 4.78. The van der Waals surface area contributed by atoms with Crippen LogP contribution in [0.15, 0.2) is 43.1 Å². The molecule has 1 aromatic heterocycles. The van der Waals surface area contributed by atoms with Crippen LogP contribution in [0.2, 0.25) is 0 Å². The van der Waals surface area contributed by atoms with Crippen molar-refractivity contribution >= 4 is 10.9 Å². The molecule has 3 fully saturated rings. The average Bonchev–Trinajstić information content (AvgIpc) is 2.66. The molecule has 4 heterocycles. The minimum atomic E-state index is 0.496. The Bertz CT molecular complexity index is 757. The standard InChI is InChI=1S/C21H26N2O/c1-4-15-13-23-10-8-16(15)11-21(23)14(2)18-7-9-22-20-6-5-17(24-3)12-19(18)20/h4-7,9,12,14-16,21H,1,8,10-11,13H2,2-3H3/t14-,15+,16+,21-/m1/s1. The van der Waals surface area contributed by atoms with Gasteiger partial charge in [-0.1, -0.05) is 13.0 Å². The Labute approximate surface area is 144 Å². The third-order valence-corrected chi connectivity index (χ3v) is 6.20. The van der Waals surface area contributed by atoms with Gasteiger partial charge in [0.15, 0.2) is 0 Å². The SMILES string of the molecule is C=C[C@H]1CN2CC[C@H]1C[C@@H]2[C@H](C)c1ccnc2ccc(OC)cc12. The van der Waals surface area contributed by atoms with E-state index >= 15 is 0 Å². The van der Waals surface area contributed by atoms with Gasteiger partial charge in [-0.15, -0.1) is 6.58 Å². The smallest absolute Gasteiger partial charge is 0.119 e. The van der Waals surface area contributed by atoms with Crippen LogP contribution in [0.1, 0.15) is 31.2 Å². The molecule has 5 atom stereocenters. The minimum Gasteiger partial charge on any atom is -0.497 e. The molecule has 0 saturated carbocycles. The largest absolute Gasteiger partial charge is 0.497 e. The van der Waals surface area contributed by atoms with Gasteiger partial charge in [-0.2, -0.15) is 0 Å². The van der Waals surface area contributed by atoms with Crippen LogP contribution in [-0.4, -0.2) is 36.1 Å². The highest BCUT2D eigenvalue weighted by molar-refractivity contribution is 5.84. The lowest BCUT2D eigenvalue weighted by Crippen LogP contribution is -2.54. The van der Waals surface area contributed by atoms with E-state index in [1.54, 1.807) is 7.11 Å². The summed E-state index contributed by atoms with van der Waals surface area (Å²) in [5, 5.41) is 1.23. The lowest BCUT2D eigenvalue weighted by molar-refractivity contribution is 0.00925. The fraction of sp³-hybridized carbons (Fsp3) is 0.476. The van der Waals surface area contributed by atoms with Crippen molar-refractivity contribution < 1.29 is 4.74 Å². The second kappa shape index (κ2) is 6.21. The summed E-state index contributed by atoms with van der Waals surface area (Å²) in [7, 11) is 1.72. The molecule has 0 radical (unpaired) electrons. The van der Waals surface area contributed by atoms with Crippen molar-refractivity contribution in [2.45, 2.75) is 31.7 Å². The lowest BCUT2D eigenvalue weighted by atomic mass is 9.71. The first-order valence-corrected chi connectivity index (χ1v) is 9.00. The summed E-state index contributed by atoms with van der Waals surface area (Å²) < 4.78 is 5.43. The highest BCUT2D eigenvalue weighted by atomic mass is 16.5. The number of piperidine rings is 3. The highest BCUT2D eigenvalue weighted by Crippen LogP contribution is 2.42. The third-order valence-electron chi connectivity index (χ3n) is 6.20. The quantitative estimate of drug-likeness (QED) is 0.787. The topological polar surface area (TPSA) is 25.4 Å². The van der Waals surface area contributed by atoms with E-state index in [9.17, 15) is 0 Å². The number of ether oxygens (including phenoxy) is 1. The van der Waals surface area contributed by atoms with Crippen molar-refractivity contribution in [1.29, 1.82) is 0 Å². The molecule has 2 bridgehead atoms. The molecular formula is C21H26N2O. The Hall–Kier alpha value is -1.87. The molecule has 3 aliphatic rings. The Morgan fingerprint density at radius 3 is 2.96 bits per heavy atom. The molecule has 126 valence electrons. The molecule has 3 saturated heterocycles. The monoisotopic (exact) mass is 322 g/mol. The number of nitrogens with zero attached hydrogens (tertiary/aromatic N) is 2. The van der Waals surface area contributed by atoms with E-state index in [2.05, 4.69) is 47.7 Å². The number of pyridine rings is 1. The molecule has 24 heavy (non-hydrogen) atoms. The Morgan fingerprint density at radius 1 is 1.38 bits per heavy atom. The summed E-state index contributed by atoms with van der Waals surface area (Å²) in [5.74, 6) is 2.89. The maximum atomic E-state index is 5.43. The number of aromatic nitrogens is 1. The Kier molecular flexibility index (Phi) is 4.05. The average molecular weight is 322 g/mol. The van der Waals surface area contributed by atoms with Crippen LogP contribution in [0, 0.1) is 11.8 Å². The van der Waals surface area contributed by atoms with E-state index in [1.807, 2.05) is 12.3 Å². The van der Waals surface area contributed by atoms with E-state index < -0.39 is 0 Å². The van der Waals surface area contributed by atoms with E-state index in [0.717, 1.165) is 17.2 Å². The lowest BCUT2D eigenvalue weighted by Gasteiger charge is -2.51. The second-order valence-corrected chi connectivity index (χ2v) is 7.32. The Balaban J connectivity index is 1.69. The zero-order valence-electron chi connectivity index (χ0n) is 14.6. The van der Waals surface area contributed by atoms with Gasteiger partial charge in [0.1, 0.15) is 5.75 Å². The van der Waals surface area contributed by atoms with Gasteiger partial charge in [0.2, 0.25) is 0 Å². The molecule has 0 N–H and O–H groups in total. The number of benzene rings is 1. The molecule has 1 unspecified atom stereocenters. The van der Waals surface area contributed by atoms with E-state index in [-0.39, 0.29) is 0 Å². The van der Waals surface area contributed by atoms with Gasteiger partial charge < -0.3 is 4.74 Å². The van der Waals surface area contributed by atoms with Gasteiger partial charge in [0.25, 0.3) is 0 Å². The first-order chi connectivity index (χ1) is 11.7. The van der Waals surface area contributed by atoms with Gasteiger partial charge >= 0.3 is 0 Å². The van der Waals surface area contributed by atoms with Gasteiger partial charge in [0.05, 0.1) is 12.6 Å². The summed E-state index contributed by atoms with van der Waals surface area (Å²) in [6, 6.07) is 9.00. The van der Waals surface area contributed by atoms with Crippen LogP contribution >= 0.6 is 0 Å². The molecule has 1 aromatic carbocycles. The van der Waals surface area contributed by atoms with Crippen molar-refractivity contribution in [3.8, 4) is 5.75 Å². The Morgan fingerprint density at radius 2 is 2.25 bits per heavy atom. The number of hydrogen-bond donors (Lipinski definition) is 0. The minimum absolute atomic E-state index is 0.496. The van der Waals surface area contributed by atoms with Crippen LogP contribution in [-0.2, 0) is 0 Å². The van der Waals surface area contributed by atoms with E-state index in [1.165, 1.54) is 36.9 Å². The van der Waals surface area contributed by atoms with Gasteiger partial charge in [-0.25, -0.2) is 0 Å². The number of hydrogen-bond acceptors (Lipinski definition) is 3. The molecule has 3 nitrogen and oxygen atoms in total. The second-order valence-electron chi connectivity index (χ2n) is 7.32. The summed E-state index contributed by atoms with van der Waals surface area (Å²) in [6.45, 7) is 8.83. The van der Waals surface area contributed by atoms with Crippen molar-refractivity contribution in [3.05, 3.63) is 48.7 Å². The zero-order chi connectivity index (χ0) is 16.7. The predicted octanol–water partition coefficient (Wildman–Crippen LogP) is 4.24. The predicted molar refractivity (Wildman–Crippen MR) is 98.5 cm³/mol. The van der Waals surface area contributed by atoms with Gasteiger partial charge in [0, 0.05) is 24.2 Å². The molecule has 3 heteroatoms. The maximum absolute atomic E-state index is 5.43. The fourth-order valence-electron chi connectivity index (χ4n) is 4.78. The number of rotatable bonds is 4. The summed E-state index contributed by atoms with van der Waals surface area (Å²) in [5.41, 5.74) is 2.45. The first kappa shape index (κ1) is 15.6. The number of fused-ring (bicyclic) bond motifs is 4. The van der Waals surface area contributed by atoms with E-state index in [0.29, 0.717) is 17.9 Å². The maximum Gasteiger partial charge on any atom is 0.119 e. The summed E-state index contributed by atoms with van der Waals surface area (Å²) >= 11 is 0. The normalized spacial score (nSPS) is 30.2. The molecule has 5 rings (SSSR count). The first-order valence-electron chi connectivity index (χ1n) is 9.00. The van der Waals surface area contributed by atoms with Crippen LogP contribution in [0.25, 0.3) is 10.9 Å². The third kappa shape index (κ3) is 2.51. The van der Waals surface area contributed by atoms with Gasteiger partial charge in [-0.3, -0.25) is 9.88 Å². The van der Waals surface area contributed by atoms with Crippen LogP contribution < -0.4 is 4.74 Å². The van der Waals surface area contributed by atoms with E-state index in [4.69, 9.17) is 4.74 Å². The number of methoxy groups -OCH3 is 1. The van der Waals surface area contributed by atoms with Gasteiger partial charge in [-0.05, 0) is 67.0 Å². The molecular weight excluding hydrogens is 296 g/mol. The van der Waals surface area contributed by atoms with Crippen molar-refractivity contribution in [2.75, 3.05) is 20.2 Å². The zero-order valence-corrected chi connectivity index (χ0v) is 14.6. The van der Waals surface area contributed by atoms with Crippen molar-refractivity contribution in [2.24, 2.45) is 11.8 Å². The molecule has 0 spiro atoms. The van der Waals surface area contributed by atoms with Crippen molar-refractivity contribution in [1.82, 2.24) is 9.88 Å². The molecule has 3 aliphatic heterocycles.